The Balaban J connectivity index is 2.54. The molecular formula is C17H17NO4. The summed E-state index contributed by atoms with van der Waals surface area (Å²) in [6, 6.07) is 16.9. The molecule has 5 nitrogen and oxygen atoms in total. The molecule has 0 saturated heterocycles. The molecule has 0 N–H and O–H groups in total. The number of ether oxygens (including phenoxy) is 2. The Morgan fingerprint density at radius 1 is 0.864 bits per heavy atom. The molecule has 2 rings (SSSR count). The third kappa shape index (κ3) is 3.25. The molecule has 1 unspecified atom stereocenters. The molecule has 0 aromatic heterocycles. The van der Waals surface area contributed by atoms with Crippen molar-refractivity contribution in [2.24, 2.45) is 0 Å². The number of nitrogens with zero attached hydrogens (tertiary/aromatic N) is 1. The number of rotatable bonds is 4. The second kappa shape index (κ2) is 7.26. The van der Waals surface area contributed by atoms with Gasteiger partial charge in [-0.05, 0) is 17.7 Å². The Labute approximate surface area is 129 Å². The molecule has 114 valence electrons. The van der Waals surface area contributed by atoms with E-state index < -0.39 is 18.1 Å². The van der Waals surface area contributed by atoms with Crippen LogP contribution in [0, 0.1) is 0 Å². The topological polar surface area (TPSA) is 55.8 Å². The van der Waals surface area contributed by atoms with E-state index in [0.29, 0.717) is 11.3 Å². The van der Waals surface area contributed by atoms with Crippen molar-refractivity contribution >= 4 is 17.7 Å². The molecule has 2 aromatic rings. The molecule has 1 atom stereocenters. The normalized spacial score (nSPS) is 11.4. The number of para-hydroxylation sites is 1. The maximum absolute atomic E-state index is 12.3. The largest absolute Gasteiger partial charge is 0.467 e. The zero-order valence-electron chi connectivity index (χ0n) is 12.4. The van der Waals surface area contributed by atoms with E-state index in [4.69, 9.17) is 9.47 Å². The molecule has 1 amide bonds. The van der Waals surface area contributed by atoms with Gasteiger partial charge in [0, 0.05) is 5.69 Å². The van der Waals surface area contributed by atoms with Crippen LogP contribution in [0.15, 0.2) is 60.7 Å². The van der Waals surface area contributed by atoms with E-state index in [1.54, 1.807) is 48.5 Å². The maximum atomic E-state index is 12.3. The van der Waals surface area contributed by atoms with Crippen molar-refractivity contribution in [3.63, 3.8) is 0 Å². The highest BCUT2D eigenvalue weighted by Crippen LogP contribution is 2.29. The molecule has 0 spiro atoms. The Morgan fingerprint density at radius 3 is 1.91 bits per heavy atom. The number of esters is 1. The average Bonchev–Trinajstić information content (AvgIpc) is 2.59. The van der Waals surface area contributed by atoms with E-state index in [-0.39, 0.29) is 0 Å². The van der Waals surface area contributed by atoms with E-state index >= 15 is 0 Å². The summed E-state index contributed by atoms with van der Waals surface area (Å²) in [5.74, 6) is -0.541. The first kappa shape index (κ1) is 15.6. The molecule has 0 heterocycles. The van der Waals surface area contributed by atoms with Crippen molar-refractivity contribution in [1.82, 2.24) is 0 Å². The fourth-order valence-corrected chi connectivity index (χ4v) is 2.18. The van der Waals surface area contributed by atoms with Gasteiger partial charge in [0.05, 0.1) is 14.2 Å². The number of anilines is 1. The first-order chi connectivity index (χ1) is 10.7. The monoisotopic (exact) mass is 299 g/mol. The second-order valence-corrected chi connectivity index (χ2v) is 4.51. The standard InChI is InChI=1S/C17H17NO4/c1-21-16(19)15(13-9-5-3-6-10-13)18(17(20)22-2)14-11-7-4-8-12-14/h3-12,15H,1-2H3. The van der Waals surface area contributed by atoms with Gasteiger partial charge in [-0.1, -0.05) is 48.5 Å². The number of benzene rings is 2. The minimum atomic E-state index is -0.916. The van der Waals surface area contributed by atoms with Crippen molar-refractivity contribution in [3.05, 3.63) is 66.2 Å². The molecular weight excluding hydrogens is 282 g/mol. The minimum absolute atomic E-state index is 0.541. The number of carbonyl (C=O) groups excluding carboxylic acids is 2. The quantitative estimate of drug-likeness (QED) is 0.814. The Hall–Kier alpha value is -2.82. The van der Waals surface area contributed by atoms with Gasteiger partial charge in [0.15, 0.2) is 6.04 Å². The van der Waals surface area contributed by atoms with Crippen LogP contribution in [-0.4, -0.2) is 26.3 Å². The zero-order chi connectivity index (χ0) is 15.9. The summed E-state index contributed by atoms with van der Waals surface area (Å²) < 4.78 is 9.72. The van der Waals surface area contributed by atoms with Crippen molar-refractivity contribution < 1.29 is 19.1 Å². The Morgan fingerprint density at radius 2 is 1.41 bits per heavy atom. The van der Waals surface area contributed by atoms with Gasteiger partial charge in [-0.25, -0.2) is 9.59 Å². The van der Waals surface area contributed by atoms with Gasteiger partial charge in [-0.2, -0.15) is 0 Å². The Kier molecular flexibility index (Phi) is 5.14. The van der Waals surface area contributed by atoms with E-state index in [1.807, 2.05) is 12.1 Å². The fourth-order valence-electron chi connectivity index (χ4n) is 2.18. The van der Waals surface area contributed by atoms with Gasteiger partial charge in [0.25, 0.3) is 0 Å². The lowest BCUT2D eigenvalue weighted by molar-refractivity contribution is -0.142. The van der Waals surface area contributed by atoms with E-state index in [1.165, 1.54) is 19.1 Å². The number of carbonyl (C=O) groups is 2. The van der Waals surface area contributed by atoms with Crippen LogP contribution in [0.5, 0.6) is 0 Å². The highest BCUT2D eigenvalue weighted by Gasteiger charge is 2.34. The van der Waals surface area contributed by atoms with Crippen LogP contribution < -0.4 is 4.90 Å². The summed E-state index contributed by atoms with van der Waals surface area (Å²) in [4.78, 5) is 25.8. The molecule has 0 fully saturated rings. The molecule has 0 aliphatic carbocycles. The molecule has 5 heteroatoms. The number of methoxy groups -OCH3 is 2. The summed E-state index contributed by atoms with van der Waals surface area (Å²) in [6.45, 7) is 0. The first-order valence-electron chi connectivity index (χ1n) is 6.74. The first-order valence-corrected chi connectivity index (χ1v) is 6.74. The molecule has 0 bridgehead atoms. The van der Waals surface area contributed by atoms with Crippen LogP contribution in [0.4, 0.5) is 10.5 Å². The Bertz CT molecular complexity index is 570. The van der Waals surface area contributed by atoms with Crippen molar-refractivity contribution in [1.29, 1.82) is 0 Å². The molecule has 0 saturated carbocycles. The van der Waals surface area contributed by atoms with Crippen LogP contribution >= 0.6 is 0 Å². The summed E-state index contributed by atoms with van der Waals surface area (Å²) in [7, 11) is 2.57. The van der Waals surface area contributed by atoms with Crippen molar-refractivity contribution in [2.45, 2.75) is 6.04 Å². The summed E-state index contributed by atoms with van der Waals surface area (Å²) in [5, 5.41) is 0. The van der Waals surface area contributed by atoms with Gasteiger partial charge < -0.3 is 9.47 Å². The van der Waals surface area contributed by atoms with Crippen molar-refractivity contribution in [3.8, 4) is 0 Å². The molecule has 22 heavy (non-hydrogen) atoms. The lowest BCUT2D eigenvalue weighted by Crippen LogP contribution is -2.39. The SMILES string of the molecule is COC(=O)C(c1ccccc1)N(C(=O)OC)c1ccccc1. The smallest absolute Gasteiger partial charge is 0.415 e. The molecule has 0 aliphatic heterocycles. The van der Waals surface area contributed by atoms with Crippen LogP contribution in [-0.2, 0) is 14.3 Å². The molecule has 0 radical (unpaired) electrons. The van der Waals surface area contributed by atoms with E-state index in [2.05, 4.69) is 0 Å². The fraction of sp³-hybridized carbons (Fsp3) is 0.176. The summed E-state index contributed by atoms with van der Waals surface area (Å²) >= 11 is 0. The number of hydrogen-bond acceptors (Lipinski definition) is 4. The average molecular weight is 299 g/mol. The van der Waals surface area contributed by atoms with Gasteiger partial charge in [0.2, 0.25) is 0 Å². The predicted molar refractivity (Wildman–Crippen MR) is 82.5 cm³/mol. The third-order valence-corrected chi connectivity index (χ3v) is 3.20. The van der Waals surface area contributed by atoms with E-state index in [0.717, 1.165) is 0 Å². The maximum Gasteiger partial charge on any atom is 0.415 e. The number of hydrogen-bond donors (Lipinski definition) is 0. The van der Waals surface area contributed by atoms with E-state index in [9.17, 15) is 9.59 Å². The predicted octanol–water partition coefficient (Wildman–Crippen LogP) is 3.17. The third-order valence-electron chi connectivity index (χ3n) is 3.20. The van der Waals surface area contributed by atoms with Crippen LogP contribution in [0.1, 0.15) is 11.6 Å². The summed E-state index contributed by atoms with van der Waals surface area (Å²) in [6.07, 6.45) is -0.634. The minimum Gasteiger partial charge on any atom is -0.467 e. The van der Waals surface area contributed by atoms with Gasteiger partial charge in [-0.3, -0.25) is 4.90 Å². The lowest BCUT2D eigenvalue weighted by Gasteiger charge is -2.29. The van der Waals surface area contributed by atoms with Gasteiger partial charge in [-0.15, -0.1) is 0 Å². The van der Waals surface area contributed by atoms with Crippen LogP contribution in [0.2, 0.25) is 0 Å². The van der Waals surface area contributed by atoms with Crippen LogP contribution in [0.25, 0.3) is 0 Å². The van der Waals surface area contributed by atoms with Gasteiger partial charge in [0.1, 0.15) is 0 Å². The highest BCUT2D eigenvalue weighted by atomic mass is 16.5. The lowest BCUT2D eigenvalue weighted by atomic mass is 10.0. The van der Waals surface area contributed by atoms with Gasteiger partial charge >= 0.3 is 12.1 Å². The highest BCUT2D eigenvalue weighted by molar-refractivity contribution is 5.96. The second-order valence-electron chi connectivity index (χ2n) is 4.51. The van der Waals surface area contributed by atoms with Crippen LogP contribution in [0.3, 0.4) is 0 Å². The zero-order valence-corrected chi connectivity index (χ0v) is 12.4. The molecule has 2 aromatic carbocycles. The number of amides is 1. The molecule has 0 aliphatic rings. The van der Waals surface area contributed by atoms with Crippen molar-refractivity contribution in [2.75, 3.05) is 19.1 Å². The summed E-state index contributed by atoms with van der Waals surface area (Å²) in [5.41, 5.74) is 1.19.